The minimum Gasteiger partial charge on any atom is -0.489 e. The van der Waals surface area contributed by atoms with Crippen molar-refractivity contribution in [2.24, 2.45) is 5.41 Å². The quantitative estimate of drug-likeness (QED) is 0.591. The predicted octanol–water partition coefficient (Wildman–Crippen LogP) is 3.07. The van der Waals surface area contributed by atoms with Gasteiger partial charge >= 0.3 is 6.03 Å². The highest BCUT2D eigenvalue weighted by Gasteiger charge is 2.44. The lowest BCUT2D eigenvalue weighted by atomic mass is 9.73. The lowest BCUT2D eigenvalue weighted by Gasteiger charge is -2.53. The van der Waals surface area contributed by atoms with Gasteiger partial charge in [0.05, 0.1) is 11.9 Å². The van der Waals surface area contributed by atoms with E-state index in [0.717, 1.165) is 56.0 Å². The van der Waals surface area contributed by atoms with Crippen molar-refractivity contribution < 1.29 is 19.1 Å². The van der Waals surface area contributed by atoms with Crippen molar-refractivity contribution >= 4 is 23.3 Å². The van der Waals surface area contributed by atoms with Crippen molar-refractivity contribution in [1.82, 2.24) is 15.1 Å². The molecule has 2 aromatic carbocycles. The summed E-state index contributed by atoms with van der Waals surface area (Å²) < 4.78 is 12.7. The number of carbonyl (C=O) groups is 2. The summed E-state index contributed by atoms with van der Waals surface area (Å²) in [4.78, 5) is 30.1. The molecular formula is C28H31N5O4. The zero-order chi connectivity index (χ0) is 25.4. The number of ether oxygens (including phenoxy) is 2. The molecule has 0 aliphatic carbocycles. The number of nitrogens with one attached hydrogen (secondary N) is 1. The lowest BCUT2D eigenvalue weighted by Crippen LogP contribution is -2.58. The van der Waals surface area contributed by atoms with Gasteiger partial charge in [-0.1, -0.05) is 30.3 Å². The van der Waals surface area contributed by atoms with Crippen molar-refractivity contribution in [3.05, 3.63) is 72.1 Å². The molecule has 3 aliphatic rings. The van der Waals surface area contributed by atoms with Crippen molar-refractivity contribution in [2.75, 3.05) is 49.8 Å². The molecule has 2 fully saturated rings. The number of fused-ring (bicyclic) bond motifs is 1. The first-order chi connectivity index (χ1) is 18.0. The minimum atomic E-state index is -0.829. The summed E-state index contributed by atoms with van der Waals surface area (Å²) >= 11 is 0. The first-order valence-electron chi connectivity index (χ1n) is 12.8. The second-order valence-electron chi connectivity index (χ2n) is 10.3. The molecule has 1 atom stereocenters. The highest BCUT2D eigenvalue weighted by atomic mass is 16.5. The molecule has 0 bridgehead atoms. The van der Waals surface area contributed by atoms with Crippen LogP contribution in [0.1, 0.15) is 24.0 Å². The minimum absolute atomic E-state index is 0.0478. The van der Waals surface area contributed by atoms with E-state index >= 15 is 0 Å². The van der Waals surface area contributed by atoms with Crippen LogP contribution in [0.15, 0.2) is 60.9 Å². The van der Waals surface area contributed by atoms with Gasteiger partial charge in [-0.3, -0.25) is 4.79 Å². The number of aromatic nitrogens is 2. The molecule has 1 unspecified atom stereocenters. The number of nitrogens with zero attached hydrogens (tertiary/aromatic N) is 4. The van der Waals surface area contributed by atoms with E-state index in [1.54, 1.807) is 24.3 Å². The largest absolute Gasteiger partial charge is 0.489 e. The van der Waals surface area contributed by atoms with E-state index < -0.39 is 12.1 Å². The Morgan fingerprint density at radius 1 is 1.11 bits per heavy atom. The fourth-order valence-corrected chi connectivity index (χ4v) is 5.46. The summed E-state index contributed by atoms with van der Waals surface area (Å²) in [5, 5.41) is 6.98. The average molecular weight is 502 g/mol. The van der Waals surface area contributed by atoms with Crippen LogP contribution in [-0.2, 0) is 16.0 Å². The van der Waals surface area contributed by atoms with Gasteiger partial charge in [0.25, 0.3) is 5.91 Å². The van der Waals surface area contributed by atoms with E-state index in [1.165, 1.54) is 4.68 Å². The van der Waals surface area contributed by atoms with Gasteiger partial charge in [0.15, 0.2) is 0 Å². The number of benzene rings is 2. The maximum Gasteiger partial charge on any atom is 0.342 e. The van der Waals surface area contributed by atoms with E-state index in [2.05, 4.69) is 15.3 Å². The van der Waals surface area contributed by atoms with Crippen LogP contribution in [0.2, 0.25) is 0 Å². The molecule has 37 heavy (non-hydrogen) atoms. The molecule has 2 amide bonds. The Labute approximate surface area is 215 Å². The van der Waals surface area contributed by atoms with E-state index in [-0.39, 0.29) is 12.5 Å². The number of anilines is 2. The van der Waals surface area contributed by atoms with Crippen LogP contribution in [0.5, 0.6) is 5.75 Å². The van der Waals surface area contributed by atoms with Crippen molar-refractivity contribution in [1.29, 1.82) is 0 Å². The SMILES string of the molecule is CN1C(=O)C(NC(=O)n2cc(Cc3ccccc3)cn2)COc2ccc(N3CC4(CCOCC4)C3)cc21. The molecule has 1 spiro atoms. The third kappa shape index (κ3) is 4.67. The topological polar surface area (TPSA) is 88.9 Å². The van der Waals surface area contributed by atoms with Gasteiger partial charge in [-0.2, -0.15) is 9.78 Å². The summed E-state index contributed by atoms with van der Waals surface area (Å²) in [6, 6.07) is 14.7. The Hall–Kier alpha value is -3.85. The highest BCUT2D eigenvalue weighted by Crippen LogP contribution is 2.44. The van der Waals surface area contributed by atoms with Crippen LogP contribution in [-0.4, -0.2) is 67.7 Å². The summed E-state index contributed by atoms with van der Waals surface area (Å²) in [5.74, 6) is 0.396. The Balaban J connectivity index is 1.11. The average Bonchev–Trinajstić information content (AvgIpc) is 3.34. The van der Waals surface area contributed by atoms with Gasteiger partial charge in [0.1, 0.15) is 18.4 Å². The first-order valence-corrected chi connectivity index (χ1v) is 12.8. The molecule has 9 heteroatoms. The Kier molecular flexibility index (Phi) is 6.08. The normalized spacial score (nSPS) is 20.6. The second-order valence-corrected chi connectivity index (χ2v) is 10.3. The van der Waals surface area contributed by atoms with Crippen LogP contribution in [0.25, 0.3) is 0 Å². The second kappa shape index (κ2) is 9.55. The Morgan fingerprint density at radius 2 is 1.89 bits per heavy atom. The third-order valence-corrected chi connectivity index (χ3v) is 7.70. The molecule has 192 valence electrons. The number of rotatable bonds is 4. The molecular weight excluding hydrogens is 470 g/mol. The molecule has 1 N–H and O–H groups in total. The maximum absolute atomic E-state index is 13.3. The highest BCUT2D eigenvalue weighted by molar-refractivity contribution is 6.01. The van der Waals surface area contributed by atoms with E-state index in [9.17, 15) is 9.59 Å². The zero-order valence-electron chi connectivity index (χ0n) is 20.9. The molecule has 3 aromatic rings. The summed E-state index contributed by atoms with van der Waals surface area (Å²) in [7, 11) is 1.72. The van der Waals surface area contributed by atoms with Crippen molar-refractivity contribution in [2.45, 2.75) is 25.3 Å². The van der Waals surface area contributed by atoms with E-state index in [1.807, 2.05) is 48.5 Å². The van der Waals surface area contributed by atoms with E-state index in [4.69, 9.17) is 9.47 Å². The maximum atomic E-state index is 13.3. The summed E-state index contributed by atoms with van der Waals surface area (Å²) in [6.07, 6.45) is 6.23. The number of amides is 2. The van der Waals surface area contributed by atoms with E-state index in [0.29, 0.717) is 23.3 Å². The zero-order valence-corrected chi connectivity index (χ0v) is 20.9. The summed E-state index contributed by atoms with van der Waals surface area (Å²) in [5.41, 5.74) is 4.18. The van der Waals surface area contributed by atoms with Gasteiger partial charge in [-0.05, 0) is 42.2 Å². The molecule has 3 aliphatic heterocycles. The molecule has 6 rings (SSSR count). The van der Waals surface area contributed by atoms with Gasteiger partial charge in [0, 0.05) is 57.1 Å². The fourth-order valence-electron chi connectivity index (χ4n) is 5.46. The van der Waals surface area contributed by atoms with Crippen LogP contribution in [0.4, 0.5) is 16.2 Å². The van der Waals surface area contributed by atoms with Crippen LogP contribution in [0.3, 0.4) is 0 Å². The van der Waals surface area contributed by atoms with Gasteiger partial charge in [-0.25, -0.2) is 4.79 Å². The first kappa shape index (κ1) is 23.5. The predicted molar refractivity (Wildman–Crippen MR) is 139 cm³/mol. The summed E-state index contributed by atoms with van der Waals surface area (Å²) in [6.45, 7) is 3.73. The van der Waals surface area contributed by atoms with Crippen LogP contribution < -0.4 is 19.9 Å². The van der Waals surface area contributed by atoms with Crippen LogP contribution in [0, 0.1) is 5.41 Å². The van der Waals surface area contributed by atoms with Crippen molar-refractivity contribution in [3.8, 4) is 5.75 Å². The van der Waals surface area contributed by atoms with Gasteiger partial charge < -0.3 is 24.6 Å². The number of carbonyl (C=O) groups excluding carboxylic acids is 2. The molecule has 9 nitrogen and oxygen atoms in total. The van der Waals surface area contributed by atoms with Crippen molar-refractivity contribution in [3.63, 3.8) is 0 Å². The number of hydrogen-bond acceptors (Lipinski definition) is 6. The molecule has 4 heterocycles. The van der Waals surface area contributed by atoms with Gasteiger partial charge in [-0.15, -0.1) is 0 Å². The number of hydrogen-bond donors (Lipinski definition) is 1. The standard InChI is InChI=1S/C28H31N5O4/c1-31-24-14-22(32-18-28(19-32)9-11-36-12-10-28)7-8-25(24)37-17-23(26(31)34)30-27(35)33-16-21(15-29-33)13-20-5-3-2-4-6-20/h2-8,14-16,23H,9-13,17-19H2,1H3,(H,30,35). The molecule has 0 radical (unpaired) electrons. The fraction of sp³-hybridized carbons (Fsp3) is 0.393. The van der Waals surface area contributed by atoms with Crippen LogP contribution >= 0.6 is 0 Å². The molecule has 1 aromatic heterocycles. The Bertz CT molecular complexity index is 1290. The smallest absolute Gasteiger partial charge is 0.342 e. The third-order valence-electron chi connectivity index (χ3n) is 7.70. The lowest BCUT2D eigenvalue weighted by molar-refractivity contribution is -0.120. The number of likely N-dealkylation sites (N-methyl/N-ethyl adjacent to an activating group) is 1. The van der Waals surface area contributed by atoms with Gasteiger partial charge in [0.2, 0.25) is 0 Å². The monoisotopic (exact) mass is 501 g/mol. The Morgan fingerprint density at radius 3 is 2.68 bits per heavy atom. The molecule has 0 saturated carbocycles. The molecule has 2 saturated heterocycles.